The van der Waals surface area contributed by atoms with E-state index in [1.165, 1.54) is 6.92 Å². The van der Waals surface area contributed by atoms with Crippen molar-refractivity contribution in [2.45, 2.75) is 97.3 Å². The van der Waals surface area contributed by atoms with Gasteiger partial charge >= 0.3 is 10.2 Å². The highest BCUT2D eigenvalue weighted by Crippen LogP contribution is 2.12. The lowest BCUT2D eigenvalue weighted by Crippen LogP contribution is -2.58. The summed E-state index contributed by atoms with van der Waals surface area (Å²) in [4.78, 5) is 51.9. The van der Waals surface area contributed by atoms with Gasteiger partial charge in [0.2, 0.25) is 23.6 Å². The van der Waals surface area contributed by atoms with Gasteiger partial charge in [0.05, 0.1) is 0 Å². The second-order valence-electron chi connectivity index (χ2n) is 11.5. The van der Waals surface area contributed by atoms with E-state index in [1.807, 2.05) is 58.0 Å². The Hall–Kier alpha value is -3.06. The molecule has 0 heterocycles. The Morgan fingerprint density at radius 1 is 0.786 bits per heavy atom. The van der Waals surface area contributed by atoms with E-state index >= 15 is 0 Å². The van der Waals surface area contributed by atoms with Crippen LogP contribution in [-0.2, 0) is 35.8 Å². The summed E-state index contributed by atoms with van der Waals surface area (Å²) in [6, 6.07) is 5.13. The number of halogens is 1. The number of amides is 4. The van der Waals surface area contributed by atoms with Gasteiger partial charge in [-0.2, -0.15) is 8.42 Å². The molecule has 238 valence electrons. The lowest BCUT2D eigenvalue weighted by atomic mass is 9.99. The molecule has 6 N–H and O–H groups in total. The Bertz CT molecular complexity index is 1120. The summed E-state index contributed by atoms with van der Waals surface area (Å²) in [6.07, 6.45) is 1.95. The van der Waals surface area contributed by atoms with Gasteiger partial charge in [0, 0.05) is 19.4 Å². The third-order valence-electron chi connectivity index (χ3n) is 6.41. The van der Waals surface area contributed by atoms with Crippen LogP contribution < -0.4 is 27.0 Å². The molecule has 1 rings (SSSR count). The van der Waals surface area contributed by atoms with E-state index in [9.17, 15) is 31.5 Å². The van der Waals surface area contributed by atoms with Gasteiger partial charge in [0.25, 0.3) is 0 Å². The molecule has 0 spiro atoms. The molecule has 13 heteroatoms. The summed E-state index contributed by atoms with van der Waals surface area (Å²) in [6.45, 7) is 9.13. The minimum absolute atomic E-state index is 0.00606. The van der Waals surface area contributed by atoms with Gasteiger partial charge in [-0.3, -0.25) is 19.2 Å². The van der Waals surface area contributed by atoms with Crippen molar-refractivity contribution in [1.29, 1.82) is 0 Å². The maximum absolute atomic E-state index is 13.5. The molecular weight excluding hydrogens is 565 g/mol. The molecule has 0 aromatic heterocycles. The number of benzene rings is 1. The number of rotatable bonds is 19. The van der Waals surface area contributed by atoms with Crippen molar-refractivity contribution >= 4 is 33.9 Å². The van der Waals surface area contributed by atoms with Crippen LogP contribution in [0.5, 0.6) is 0 Å². The highest BCUT2D eigenvalue weighted by molar-refractivity contribution is 7.86. The molecule has 0 aliphatic rings. The number of nitrogens with two attached hydrogens (primary N) is 1. The Morgan fingerprint density at radius 3 is 1.74 bits per heavy atom. The monoisotopic (exact) mass is 613 g/mol. The SMILES string of the molecule is CC(=O)N[C@@H](Cc1ccccc1)C(=O)N[C@@H](CC(C)C)C(=O)N[C@@H](CC(C)C)C(=O)N[C@@H](CCCCN)CS(=O)(=O)F. The molecule has 4 atom stereocenters. The first-order chi connectivity index (χ1) is 19.6. The zero-order valence-electron chi connectivity index (χ0n) is 25.3. The van der Waals surface area contributed by atoms with Crippen LogP contribution in [-0.4, -0.2) is 68.5 Å². The van der Waals surface area contributed by atoms with E-state index in [0.717, 1.165) is 5.56 Å². The summed E-state index contributed by atoms with van der Waals surface area (Å²) >= 11 is 0. The molecule has 1 aromatic carbocycles. The Morgan fingerprint density at radius 2 is 1.29 bits per heavy atom. The molecular formula is C29H48FN5O6S. The zero-order chi connectivity index (χ0) is 31.9. The van der Waals surface area contributed by atoms with Crippen molar-refractivity contribution in [2.24, 2.45) is 17.6 Å². The fourth-order valence-corrected chi connectivity index (χ4v) is 5.26. The molecule has 4 amide bonds. The summed E-state index contributed by atoms with van der Waals surface area (Å²) in [7, 11) is -4.87. The Kier molecular flexibility index (Phi) is 16.3. The van der Waals surface area contributed by atoms with Gasteiger partial charge in [0.15, 0.2) is 0 Å². The summed E-state index contributed by atoms with van der Waals surface area (Å²) in [5, 5.41) is 10.7. The highest BCUT2D eigenvalue weighted by atomic mass is 32.3. The van der Waals surface area contributed by atoms with Crippen molar-refractivity contribution in [3.63, 3.8) is 0 Å². The van der Waals surface area contributed by atoms with E-state index in [0.29, 0.717) is 19.4 Å². The van der Waals surface area contributed by atoms with Crippen LogP contribution in [0.25, 0.3) is 0 Å². The van der Waals surface area contributed by atoms with E-state index in [4.69, 9.17) is 5.73 Å². The molecule has 0 saturated heterocycles. The Balaban J connectivity index is 3.12. The van der Waals surface area contributed by atoms with Gasteiger partial charge < -0.3 is 27.0 Å². The van der Waals surface area contributed by atoms with Crippen molar-refractivity contribution < 1.29 is 31.5 Å². The second-order valence-corrected chi connectivity index (χ2v) is 12.9. The van der Waals surface area contributed by atoms with Crippen molar-refractivity contribution in [1.82, 2.24) is 21.3 Å². The van der Waals surface area contributed by atoms with Crippen LogP contribution in [0.1, 0.15) is 72.3 Å². The molecule has 0 aliphatic carbocycles. The first-order valence-electron chi connectivity index (χ1n) is 14.5. The van der Waals surface area contributed by atoms with Crippen LogP contribution >= 0.6 is 0 Å². The first kappa shape index (κ1) is 37.0. The molecule has 42 heavy (non-hydrogen) atoms. The van der Waals surface area contributed by atoms with Gasteiger partial charge in [-0.25, -0.2) is 0 Å². The average molecular weight is 614 g/mol. The van der Waals surface area contributed by atoms with Crippen LogP contribution in [0.4, 0.5) is 3.89 Å². The molecule has 0 saturated carbocycles. The van der Waals surface area contributed by atoms with E-state index in [2.05, 4.69) is 21.3 Å². The van der Waals surface area contributed by atoms with Gasteiger partial charge in [-0.05, 0) is 49.6 Å². The summed E-state index contributed by atoms with van der Waals surface area (Å²) < 4.78 is 36.2. The van der Waals surface area contributed by atoms with Crippen LogP contribution in [0, 0.1) is 11.8 Å². The number of nitrogens with one attached hydrogen (secondary N) is 4. The number of unbranched alkanes of at least 4 members (excludes halogenated alkanes) is 1. The third kappa shape index (κ3) is 15.8. The predicted molar refractivity (Wildman–Crippen MR) is 160 cm³/mol. The van der Waals surface area contributed by atoms with Crippen LogP contribution in [0.2, 0.25) is 0 Å². The zero-order valence-corrected chi connectivity index (χ0v) is 26.1. The molecule has 0 bridgehead atoms. The summed E-state index contributed by atoms with van der Waals surface area (Å²) in [5.74, 6) is -3.12. The first-order valence-corrected chi connectivity index (χ1v) is 16.0. The van der Waals surface area contributed by atoms with Crippen LogP contribution in [0.15, 0.2) is 30.3 Å². The normalized spacial score (nSPS) is 14.5. The number of carbonyl (C=O) groups is 4. The molecule has 1 aromatic rings. The predicted octanol–water partition coefficient (Wildman–Crippen LogP) is 1.71. The highest BCUT2D eigenvalue weighted by Gasteiger charge is 2.31. The van der Waals surface area contributed by atoms with Gasteiger partial charge in [0.1, 0.15) is 23.9 Å². The van der Waals surface area contributed by atoms with Gasteiger partial charge in [-0.1, -0.05) is 64.4 Å². The molecule has 0 unspecified atom stereocenters. The average Bonchev–Trinajstić information content (AvgIpc) is 2.86. The lowest BCUT2D eigenvalue weighted by Gasteiger charge is -2.28. The Labute approximate surface area is 249 Å². The third-order valence-corrected chi connectivity index (χ3v) is 7.21. The molecule has 11 nitrogen and oxygen atoms in total. The number of hydrogen-bond acceptors (Lipinski definition) is 7. The smallest absolute Gasteiger partial charge is 0.304 e. The maximum Gasteiger partial charge on any atom is 0.304 e. The quantitative estimate of drug-likeness (QED) is 0.116. The molecule has 0 radical (unpaired) electrons. The van der Waals surface area contributed by atoms with Crippen LogP contribution in [0.3, 0.4) is 0 Å². The topological polar surface area (TPSA) is 177 Å². The van der Waals surface area contributed by atoms with E-state index < -0.39 is 63.8 Å². The van der Waals surface area contributed by atoms with E-state index in [1.54, 1.807) is 0 Å². The number of carbonyl (C=O) groups excluding carboxylic acids is 4. The summed E-state index contributed by atoms with van der Waals surface area (Å²) in [5.41, 5.74) is 6.32. The lowest BCUT2D eigenvalue weighted by molar-refractivity contribution is -0.134. The maximum atomic E-state index is 13.5. The fourth-order valence-electron chi connectivity index (χ4n) is 4.53. The van der Waals surface area contributed by atoms with Crippen molar-refractivity contribution in [3.05, 3.63) is 35.9 Å². The number of hydrogen-bond donors (Lipinski definition) is 5. The minimum atomic E-state index is -4.87. The minimum Gasteiger partial charge on any atom is -0.350 e. The largest absolute Gasteiger partial charge is 0.350 e. The van der Waals surface area contributed by atoms with Gasteiger partial charge in [-0.15, -0.1) is 3.89 Å². The standard InChI is InChI=1S/C29H48FN5O6S/c1-19(2)15-24(27(37)33-23(13-9-10-14-31)18-42(30,40)41)34-28(38)25(16-20(3)4)35-29(39)26(32-21(5)36)17-22-11-7-6-8-12-22/h6-8,11-12,19-20,23-26H,9-10,13-18,31H2,1-5H3,(H,32,36)(H,33,37)(H,34,38)(H,35,39)/t23-,24-,25-,26-/m0/s1. The van der Waals surface area contributed by atoms with Crippen molar-refractivity contribution in [2.75, 3.05) is 12.3 Å². The molecule has 0 fully saturated rings. The van der Waals surface area contributed by atoms with E-state index in [-0.39, 0.29) is 37.5 Å². The fraction of sp³-hybridized carbons (Fsp3) is 0.655. The second kappa shape index (κ2) is 18.5. The molecule has 0 aliphatic heterocycles. The van der Waals surface area contributed by atoms with Crippen molar-refractivity contribution in [3.8, 4) is 0 Å².